The predicted molar refractivity (Wildman–Crippen MR) is 75.0 cm³/mol. The molecule has 0 radical (unpaired) electrons. The topological polar surface area (TPSA) is 19.0 Å². The third-order valence-electron chi connectivity index (χ3n) is 4.13. The number of ether oxygens (including phenoxy) is 1. The molecular weight excluding hydrogens is 226 g/mol. The number of hydrogen-bond acceptors (Lipinski definition) is 4. The number of piperazine rings is 1. The molecule has 0 aromatic heterocycles. The summed E-state index contributed by atoms with van der Waals surface area (Å²) in [5, 5.41) is 0. The van der Waals surface area contributed by atoms with Gasteiger partial charge in [-0.1, -0.05) is 13.3 Å². The van der Waals surface area contributed by atoms with Crippen LogP contribution in [0, 0.1) is 0 Å². The van der Waals surface area contributed by atoms with Crippen LogP contribution in [0.5, 0.6) is 0 Å². The summed E-state index contributed by atoms with van der Waals surface area (Å²) in [6.07, 6.45) is 2.67. The Bertz CT molecular complexity index is 211. The Balaban J connectivity index is 1.55. The molecule has 0 spiro atoms. The van der Waals surface area contributed by atoms with Gasteiger partial charge in [-0.2, -0.15) is 0 Å². The number of nitrogens with zero attached hydrogens (tertiary/aromatic N) is 3. The fraction of sp³-hybridized carbons (Fsp3) is 1.00. The van der Waals surface area contributed by atoms with Crippen molar-refractivity contribution >= 4 is 0 Å². The largest absolute Gasteiger partial charge is 0.379 e. The maximum absolute atomic E-state index is 5.38. The lowest BCUT2D eigenvalue weighted by molar-refractivity contribution is 0.0299. The lowest BCUT2D eigenvalue weighted by atomic mass is 10.2. The van der Waals surface area contributed by atoms with E-state index in [0.29, 0.717) is 0 Å². The van der Waals surface area contributed by atoms with E-state index in [0.717, 1.165) is 26.3 Å². The van der Waals surface area contributed by atoms with E-state index in [4.69, 9.17) is 4.74 Å². The van der Waals surface area contributed by atoms with Crippen molar-refractivity contribution in [1.82, 2.24) is 14.7 Å². The molecule has 4 nitrogen and oxygen atoms in total. The summed E-state index contributed by atoms with van der Waals surface area (Å²) in [4.78, 5) is 7.78. The lowest BCUT2D eigenvalue weighted by Crippen LogP contribution is -2.49. The molecule has 4 heteroatoms. The van der Waals surface area contributed by atoms with Crippen molar-refractivity contribution in [3.05, 3.63) is 0 Å². The van der Waals surface area contributed by atoms with Gasteiger partial charge in [0.2, 0.25) is 0 Å². The van der Waals surface area contributed by atoms with Gasteiger partial charge in [0.25, 0.3) is 0 Å². The summed E-state index contributed by atoms with van der Waals surface area (Å²) in [7, 11) is 0. The summed E-state index contributed by atoms with van der Waals surface area (Å²) >= 11 is 0. The van der Waals surface area contributed by atoms with Crippen LogP contribution in [0.3, 0.4) is 0 Å². The smallest absolute Gasteiger partial charge is 0.0594 e. The zero-order valence-electron chi connectivity index (χ0n) is 11.9. The van der Waals surface area contributed by atoms with Gasteiger partial charge in [-0.25, -0.2) is 0 Å². The molecule has 0 amide bonds. The van der Waals surface area contributed by atoms with Gasteiger partial charge in [-0.3, -0.25) is 9.80 Å². The molecule has 18 heavy (non-hydrogen) atoms. The molecule has 2 fully saturated rings. The average molecular weight is 255 g/mol. The molecular formula is C14H29N3O. The van der Waals surface area contributed by atoms with Crippen molar-refractivity contribution in [2.75, 3.05) is 72.1 Å². The Kier molecular flexibility index (Phi) is 6.41. The maximum Gasteiger partial charge on any atom is 0.0594 e. The van der Waals surface area contributed by atoms with Gasteiger partial charge in [0.05, 0.1) is 13.2 Å². The molecule has 0 saturated carbocycles. The Morgan fingerprint density at radius 3 is 1.78 bits per heavy atom. The van der Waals surface area contributed by atoms with Crippen molar-refractivity contribution in [3.8, 4) is 0 Å². The van der Waals surface area contributed by atoms with E-state index in [1.807, 2.05) is 0 Å². The Labute approximate surface area is 112 Å². The summed E-state index contributed by atoms with van der Waals surface area (Å²) in [5.41, 5.74) is 0. The molecule has 2 aliphatic rings. The number of hydrogen-bond donors (Lipinski definition) is 0. The third kappa shape index (κ3) is 4.84. The van der Waals surface area contributed by atoms with Gasteiger partial charge in [-0.05, 0) is 13.0 Å². The first-order valence-corrected chi connectivity index (χ1v) is 7.63. The van der Waals surface area contributed by atoms with E-state index in [1.165, 1.54) is 58.7 Å². The Hall–Kier alpha value is -0.160. The molecule has 2 heterocycles. The number of morpholine rings is 1. The zero-order valence-corrected chi connectivity index (χ0v) is 11.9. The van der Waals surface area contributed by atoms with Gasteiger partial charge in [-0.15, -0.1) is 0 Å². The van der Waals surface area contributed by atoms with Crippen LogP contribution in [-0.2, 0) is 4.74 Å². The lowest BCUT2D eigenvalue weighted by Gasteiger charge is -2.36. The fourth-order valence-electron chi connectivity index (χ4n) is 2.73. The molecule has 0 atom stereocenters. The summed E-state index contributed by atoms with van der Waals surface area (Å²) in [6, 6.07) is 0. The third-order valence-corrected chi connectivity index (χ3v) is 4.13. The monoisotopic (exact) mass is 255 g/mol. The van der Waals surface area contributed by atoms with E-state index in [-0.39, 0.29) is 0 Å². The van der Waals surface area contributed by atoms with Gasteiger partial charge < -0.3 is 9.64 Å². The minimum atomic E-state index is 0.921. The second kappa shape index (κ2) is 8.10. The fourth-order valence-corrected chi connectivity index (χ4v) is 2.73. The molecule has 0 N–H and O–H groups in total. The highest BCUT2D eigenvalue weighted by Gasteiger charge is 2.17. The molecule has 0 bridgehead atoms. The second-order valence-electron chi connectivity index (χ2n) is 5.49. The van der Waals surface area contributed by atoms with E-state index in [1.54, 1.807) is 0 Å². The van der Waals surface area contributed by atoms with Crippen LogP contribution in [0.1, 0.15) is 19.8 Å². The van der Waals surface area contributed by atoms with Crippen molar-refractivity contribution in [2.24, 2.45) is 0 Å². The van der Waals surface area contributed by atoms with E-state index in [9.17, 15) is 0 Å². The summed E-state index contributed by atoms with van der Waals surface area (Å²) in [5.74, 6) is 0. The molecule has 2 rings (SSSR count). The molecule has 0 aliphatic carbocycles. The Morgan fingerprint density at radius 2 is 1.22 bits per heavy atom. The van der Waals surface area contributed by atoms with Crippen LogP contribution >= 0.6 is 0 Å². The quantitative estimate of drug-likeness (QED) is 0.697. The summed E-state index contributed by atoms with van der Waals surface area (Å²) in [6.45, 7) is 15.2. The molecule has 0 aromatic rings. The first kappa shape index (κ1) is 14.3. The minimum absolute atomic E-state index is 0.921. The number of unbranched alkanes of at least 4 members (excludes halogenated alkanes) is 1. The standard InChI is InChI=1S/C14H29N3O/c1-2-3-4-15-5-7-16(8-6-15)9-10-17-11-13-18-14-12-17/h2-14H2,1H3. The van der Waals surface area contributed by atoms with Crippen LogP contribution in [0.2, 0.25) is 0 Å². The van der Waals surface area contributed by atoms with E-state index < -0.39 is 0 Å². The van der Waals surface area contributed by atoms with E-state index in [2.05, 4.69) is 21.6 Å². The van der Waals surface area contributed by atoms with Crippen LogP contribution in [0.4, 0.5) is 0 Å². The molecule has 106 valence electrons. The zero-order chi connectivity index (χ0) is 12.6. The highest BCUT2D eigenvalue weighted by Crippen LogP contribution is 2.04. The van der Waals surface area contributed by atoms with Crippen molar-refractivity contribution < 1.29 is 4.74 Å². The van der Waals surface area contributed by atoms with Crippen LogP contribution in [-0.4, -0.2) is 86.8 Å². The van der Waals surface area contributed by atoms with Crippen LogP contribution in [0.25, 0.3) is 0 Å². The highest BCUT2D eigenvalue weighted by molar-refractivity contribution is 4.73. The molecule has 0 aromatic carbocycles. The van der Waals surface area contributed by atoms with E-state index >= 15 is 0 Å². The van der Waals surface area contributed by atoms with Crippen molar-refractivity contribution in [1.29, 1.82) is 0 Å². The van der Waals surface area contributed by atoms with Crippen LogP contribution < -0.4 is 0 Å². The molecule has 2 aliphatic heterocycles. The average Bonchev–Trinajstić information content (AvgIpc) is 2.45. The highest BCUT2D eigenvalue weighted by atomic mass is 16.5. The normalized spacial score (nSPS) is 24.5. The Morgan fingerprint density at radius 1 is 0.722 bits per heavy atom. The van der Waals surface area contributed by atoms with Crippen LogP contribution in [0.15, 0.2) is 0 Å². The van der Waals surface area contributed by atoms with Crippen molar-refractivity contribution in [3.63, 3.8) is 0 Å². The van der Waals surface area contributed by atoms with Crippen molar-refractivity contribution in [2.45, 2.75) is 19.8 Å². The predicted octanol–water partition coefficient (Wildman–Crippen LogP) is 0.736. The first-order valence-electron chi connectivity index (χ1n) is 7.63. The first-order chi connectivity index (χ1) is 8.88. The second-order valence-corrected chi connectivity index (χ2v) is 5.49. The summed E-state index contributed by atoms with van der Waals surface area (Å²) < 4.78 is 5.38. The van der Waals surface area contributed by atoms with Gasteiger partial charge in [0.15, 0.2) is 0 Å². The maximum atomic E-state index is 5.38. The van der Waals surface area contributed by atoms with Gasteiger partial charge >= 0.3 is 0 Å². The SMILES string of the molecule is CCCCN1CCN(CCN2CCOCC2)CC1. The van der Waals surface area contributed by atoms with Gasteiger partial charge in [0, 0.05) is 52.4 Å². The van der Waals surface area contributed by atoms with Gasteiger partial charge in [0.1, 0.15) is 0 Å². The minimum Gasteiger partial charge on any atom is -0.379 e. The molecule has 2 saturated heterocycles. The number of rotatable bonds is 6. The molecule has 0 unspecified atom stereocenters.